The molecule has 0 bridgehead atoms. The summed E-state index contributed by atoms with van der Waals surface area (Å²) >= 11 is 0. The first kappa shape index (κ1) is 10.9. The lowest BCUT2D eigenvalue weighted by Gasteiger charge is -2.12. The zero-order valence-corrected chi connectivity index (χ0v) is 9.28. The molecule has 94 valence electrons. The van der Waals surface area contributed by atoms with Gasteiger partial charge in [0.1, 0.15) is 5.52 Å². The minimum absolute atomic E-state index is 0.00833. The van der Waals surface area contributed by atoms with Crippen LogP contribution in [0.3, 0.4) is 0 Å². The summed E-state index contributed by atoms with van der Waals surface area (Å²) in [5.41, 5.74) is 6.01. The molecule has 1 aliphatic rings. The number of anilines is 1. The Hall–Kier alpha value is -2.18. The van der Waals surface area contributed by atoms with E-state index in [1.54, 1.807) is 0 Å². The van der Waals surface area contributed by atoms with E-state index in [1.807, 2.05) is 0 Å². The van der Waals surface area contributed by atoms with Gasteiger partial charge in [0.05, 0.1) is 11.6 Å². The molecule has 0 aliphatic carbocycles. The number of rotatable bonds is 1. The van der Waals surface area contributed by atoms with Crippen LogP contribution in [0.5, 0.6) is 0 Å². The third kappa shape index (κ3) is 1.43. The average molecular weight is 252 g/mol. The molecule has 1 saturated heterocycles. The summed E-state index contributed by atoms with van der Waals surface area (Å²) in [7, 11) is 0. The molecule has 18 heavy (non-hydrogen) atoms. The van der Waals surface area contributed by atoms with Crippen molar-refractivity contribution in [2.75, 3.05) is 12.3 Å². The summed E-state index contributed by atoms with van der Waals surface area (Å²) in [6.07, 6.45) is 0.186. The summed E-state index contributed by atoms with van der Waals surface area (Å²) in [5, 5.41) is 2.62. The average Bonchev–Trinajstić information content (AvgIpc) is 2.87. The first-order valence-electron chi connectivity index (χ1n) is 5.46. The molecule has 5 nitrogen and oxygen atoms in total. The fourth-order valence-electron chi connectivity index (χ4n) is 2.28. The van der Waals surface area contributed by atoms with Gasteiger partial charge in [-0.05, 0) is 12.1 Å². The number of aromatic nitrogens is 2. The van der Waals surface area contributed by atoms with Crippen LogP contribution in [0.4, 0.5) is 14.7 Å². The molecule has 1 aromatic carbocycles. The molecule has 1 aromatic heterocycles. The van der Waals surface area contributed by atoms with Gasteiger partial charge in [0, 0.05) is 13.0 Å². The Kier molecular flexibility index (Phi) is 2.22. The monoisotopic (exact) mass is 252 g/mol. The Morgan fingerprint density at radius 1 is 1.44 bits per heavy atom. The predicted molar refractivity (Wildman–Crippen MR) is 60.7 cm³/mol. The number of carbonyl (C=O) groups is 1. The number of amides is 1. The summed E-state index contributed by atoms with van der Waals surface area (Å²) in [4.78, 5) is 15.2. The number of nitrogen functional groups attached to an aromatic ring is 1. The molecule has 1 aliphatic heterocycles. The van der Waals surface area contributed by atoms with E-state index < -0.39 is 11.6 Å². The van der Waals surface area contributed by atoms with Crippen LogP contribution in [0.1, 0.15) is 12.5 Å². The number of hydrogen-bond acceptors (Lipinski definition) is 3. The zero-order valence-electron chi connectivity index (χ0n) is 9.28. The van der Waals surface area contributed by atoms with Crippen molar-refractivity contribution in [1.29, 1.82) is 0 Å². The van der Waals surface area contributed by atoms with Crippen LogP contribution in [0.15, 0.2) is 12.1 Å². The smallest absolute Gasteiger partial charge is 0.222 e. The van der Waals surface area contributed by atoms with Crippen molar-refractivity contribution in [3.63, 3.8) is 0 Å². The summed E-state index contributed by atoms with van der Waals surface area (Å²) in [6.45, 7) is 0.338. The van der Waals surface area contributed by atoms with Gasteiger partial charge in [0.25, 0.3) is 0 Å². The zero-order chi connectivity index (χ0) is 12.9. The molecule has 1 fully saturated rings. The van der Waals surface area contributed by atoms with E-state index in [-0.39, 0.29) is 35.4 Å². The lowest BCUT2D eigenvalue weighted by molar-refractivity contribution is -0.119. The molecule has 1 unspecified atom stereocenters. The number of halogens is 2. The quantitative estimate of drug-likeness (QED) is 0.793. The van der Waals surface area contributed by atoms with Crippen LogP contribution in [0.25, 0.3) is 11.0 Å². The Balaban J connectivity index is 2.24. The number of nitrogens with one attached hydrogen (secondary N) is 1. The molecule has 0 radical (unpaired) electrons. The minimum Gasteiger partial charge on any atom is -0.369 e. The second-order valence-electron chi connectivity index (χ2n) is 4.23. The molecular weight excluding hydrogens is 242 g/mol. The van der Waals surface area contributed by atoms with E-state index in [0.29, 0.717) is 6.54 Å². The third-order valence-corrected chi connectivity index (χ3v) is 3.09. The molecule has 0 saturated carbocycles. The number of imidazole rings is 1. The maximum Gasteiger partial charge on any atom is 0.222 e. The number of hydrogen-bond donors (Lipinski definition) is 2. The van der Waals surface area contributed by atoms with Crippen molar-refractivity contribution >= 4 is 22.9 Å². The van der Waals surface area contributed by atoms with Crippen molar-refractivity contribution in [3.05, 3.63) is 23.8 Å². The molecule has 2 heterocycles. The Labute approximate surface area is 101 Å². The highest BCUT2D eigenvalue weighted by atomic mass is 19.2. The summed E-state index contributed by atoms with van der Waals surface area (Å²) in [6, 6.07) is 2.04. The normalized spacial score (nSPS) is 19.4. The first-order valence-corrected chi connectivity index (χ1v) is 5.46. The number of nitrogens with two attached hydrogens (primary N) is 1. The third-order valence-electron chi connectivity index (χ3n) is 3.09. The highest BCUT2D eigenvalue weighted by Gasteiger charge is 2.28. The van der Waals surface area contributed by atoms with Crippen LogP contribution < -0.4 is 11.1 Å². The Morgan fingerprint density at radius 2 is 2.22 bits per heavy atom. The van der Waals surface area contributed by atoms with E-state index >= 15 is 0 Å². The van der Waals surface area contributed by atoms with Gasteiger partial charge in [-0.3, -0.25) is 4.79 Å². The highest BCUT2D eigenvalue weighted by Crippen LogP contribution is 2.29. The van der Waals surface area contributed by atoms with E-state index in [0.717, 1.165) is 6.07 Å². The Morgan fingerprint density at radius 3 is 2.89 bits per heavy atom. The minimum atomic E-state index is -0.990. The van der Waals surface area contributed by atoms with Gasteiger partial charge in [0.2, 0.25) is 11.9 Å². The van der Waals surface area contributed by atoms with Gasteiger partial charge in [-0.25, -0.2) is 13.8 Å². The van der Waals surface area contributed by atoms with Crippen LogP contribution >= 0.6 is 0 Å². The molecule has 3 N–H and O–H groups in total. The molecule has 2 aromatic rings. The van der Waals surface area contributed by atoms with Crippen LogP contribution in [-0.2, 0) is 4.79 Å². The molecule has 1 amide bonds. The topological polar surface area (TPSA) is 72.9 Å². The molecule has 3 rings (SSSR count). The molecule has 1 atom stereocenters. The summed E-state index contributed by atoms with van der Waals surface area (Å²) in [5.74, 6) is -2.01. The molecule has 0 spiro atoms. The van der Waals surface area contributed by atoms with Gasteiger partial charge in [-0.2, -0.15) is 0 Å². The van der Waals surface area contributed by atoms with Crippen molar-refractivity contribution in [1.82, 2.24) is 14.9 Å². The van der Waals surface area contributed by atoms with Crippen LogP contribution in [0, 0.1) is 11.6 Å². The number of fused-ring (bicyclic) bond motifs is 1. The summed E-state index contributed by atoms with van der Waals surface area (Å²) < 4.78 is 28.5. The molecule has 7 heteroatoms. The van der Waals surface area contributed by atoms with Crippen molar-refractivity contribution < 1.29 is 13.6 Å². The van der Waals surface area contributed by atoms with Gasteiger partial charge in [0.15, 0.2) is 11.6 Å². The van der Waals surface area contributed by atoms with E-state index in [4.69, 9.17) is 5.73 Å². The standard InChI is InChI=1S/C11H10F2N4O/c12-6-1-2-7-10(9(6)13)17(11(14)16-7)5-3-8(18)15-4-5/h1-2,5H,3-4H2,(H2,14,16)(H,15,18). The lowest BCUT2D eigenvalue weighted by atomic mass is 10.2. The van der Waals surface area contributed by atoms with E-state index in [2.05, 4.69) is 10.3 Å². The SMILES string of the molecule is Nc1nc2ccc(F)c(F)c2n1C1CNC(=O)C1. The largest absolute Gasteiger partial charge is 0.369 e. The first-order chi connectivity index (χ1) is 8.58. The fourth-order valence-corrected chi connectivity index (χ4v) is 2.28. The molecular formula is C11H10F2N4O. The van der Waals surface area contributed by atoms with Crippen LogP contribution in [-0.4, -0.2) is 22.0 Å². The number of benzene rings is 1. The van der Waals surface area contributed by atoms with Crippen LogP contribution in [0.2, 0.25) is 0 Å². The maximum absolute atomic E-state index is 13.8. The van der Waals surface area contributed by atoms with Gasteiger partial charge >= 0.3 is 0 Å². The Bertz CT molecular complexity index is 652. The second kappa shape index (κ2) is 3.66. The van der Waals surface area contributed by atoms with Gasteiger partial charge in [-0.1, -0.05) is 0 Å². The second-order valence-corrected chi connectivity index (χ2v) is 4.23. The van der Waals surface area contributed by atoms with E-state index in [9.17, 15) is 13.6 Å². The predicted octanol–water partition coefficient (Wildman–Crippen LogP) is 0.958. The highest BCUT2D eigenvalue weighted by molar-refractivity contribution is 5.82. The van der Waals surface area contributed by atoms with Gasteiger partial charge < -0.3 is 15.6 Å². The van der Waals surface area contributed by atoms with Crippen molar-refractivity contribution in [2.24, 2.45) is 0 Å². The van der Waals surface area contributed by atoms with Gasteiger partial charge in [-0.15, -0.1) is 0 Å². The van der Waals surface area contributed by atoms with E-state index in [1.165, 1.54) is 10.6 Å². The van der Waals surface area contributed by atoms with Crippen molar-refractivity contribution in [2.45, 2.75) is 12.5 Å². The number of nitrogens with zero attached hydrogens (tertiary/aromatic N) is 2. The fraction of sp³-hybridized carbons (Fsp3) is 0.273. The maximum atomic E-state index is 13.8. The lowest BCUT2D eigenvalue weighted by Crippen LogP contribution is -2.17. The van der Waals surface area contributed by atoms with Crippen molar-refractivity contribution in [3.8, 4) is 0 Å². The number of carbonyl (C=O) groups excluding carboxylic acids is 1.